The second kappa shape index (κ2) is 2.89. The highest BCUT2D eigenvalue weighted by Crippen LogP contribution is 2.27. The van der Waals surface area contributed by atoms with Gasteiger partial charge in [0.05, 0.1) is 0 Å². The zero-order valence-electron chi connectivity index (χ0n) is 6.88. The standard InChI is InChI=1S/C8H18N2/c1-5-3-7(9)8(10)4-6(5)2/h5-8H,3-4,9-10H2,1-2H3/t5?,6?,7-,8-/m1/s1. The zero-order chi connectivity index (χ0) is 7.72. The molecule has 10 heavy (non-hydrogen) atoms. The molecule has 4 N–H and O–H groups in total. The van der Waals surface area contributed by atoms with E-state index >= 15 is 0 Å². The lowest BCUT2D eigenvalue weighted by Gasteiger charge is -2.34. The molecule has 0 bridgehead atoms. The van der Waals surface area contributed by atoms with Gasteiger partial charge in [-0.25, -0.2) is 0 Å². The summed E-state index contributed by atoms with van der Waals surface area (Å²) >= 11 is 0. The van der Waals surface area contributed by atoms with Gasteiger partial charge in [0.15, 0.2) is 0 Å². The van der Waals surface area contributed by atoms with Crippen molar-refractivity contribution in [2.75, 3.05) is 0 Å². The molecule has 1 fully saturated rings. The van der Waals surface area contributed by atoms with Gasteiger partial charge < -0.3 is 11.5 Å². The van der Waals surface area contributed by atoms with Crippen molar-refractivity contribution in [3.05, 3.63) is 0 Å². The van der Waals surface area contributed by atoms with Gasteiger partial charge in [0.1, 0.15) is 0 Å². The molecular formula is C8H18N2. The van der Waals surface area contributed by atoms with Gasteiger partial charge >= 0.3 is 0 Å². The van der Waals surface area contributed by atoms with Crippen LogP contribution in [0.25, 0.3) is 0 Å². The van der Waals surface area contributed by atoms with E-state index in [1.54, 1.807) is 0 Å². The van der Waals surface area contributed by atoms with Crippen molar-refractivity contribution in [3.8, 4) is 0 Å². The maximum absolute atomic E-state index is 5.81. The number of hydrogen-bond donors (Lipinski definition) is 2. The first-order valence-corrected chi connectivity index (χ1v) is 4.12. The molecule has 2 nitrogen and oxygen atoms in total. The van der Waals surface area contributed by atoms with Gasteiger partial charge in [0.25, 0.3) is 0 Å². The van der Waals surface area contributed by atoms with Crippen LogP contribution in [0.3, 0.4) is 0 Å². The summed E-state index contributed by atoms with van der Waals surface area (Å²) in [4.78, 5) is 0. The molecule has 0 saturated heterocycles. The van der Waals surface area contributed by atoms with E-state index in [1.165, 1.54) is 0 Å². The Hall–Kier alpha value is -0.0800. The Bertz CT molecular complexity index is 87.8. The lowest BCUT2D eigenvalue weighted by Crippen LogP contribution is -2.48. The second-order valence-corrected chi connectivity index (χ2v) is 3.75. The van der Waals surface area contributed by atoms with E-state index < -0.39 is 0 Å². The first-order chi connectivity index (χ1) is 4.61. The first-order valence-electron chi connectivity index (χ1n) is 4.12. The van der Waals surface area contributed by atoms with Crippen molar-refractivity contribution in [2.45, 2.75) is 38.8 Å². The van der Waals surface area contributed by atoms with E-state index in [9.17, 15) is 0 Å². The maximum Gasteiger partial charge on any atom is 0.0195 e. The molecule has 1 aliphatic rings. The summed E-state index contributed by atoms with van der Waals surface area (Å²) in [5.74, 6) is 1.52. The minimum absolute atomic E-state index is 0.242. The molecule has 0 amide bonds. The van der Waals surface area contributed by atoms with Crippen LogP contribution >= 0.6 is 0 Å². The molecular weight excluding hydrogens is 124 g/mol. The van der Waals surface area contributed by atoms with Crippen LogP contribution in [-0.4, -0.2) is 12.1 Å². The summed E-state index contributed by atoms with van der Waals surface area (Å²) in [5.41, 5.74) is 11.6. The first kappa shape index (κ1) is 8.02. The fourth-order valence-corrected chi connectivity index (χ4v) is 1.67. The van der Waals surface area contributed by atoms with Crippen LogP contribution in [-0.2, 0) is 0 Å². The molecule has 4 atom stereocenters. The third-order valence-corrected chi connectivity index (χ3v) is 2.81. The number of nitrogens with two attached hydrogens (primary N) is 2. The summed E-state index contributed by atoms with van der Waals surface area (Å²) in [6.45, 7) is 4.52. The highest BCUT2D eigenvalue weighted by molar-refractivity contribution is 4.86. The zero-order valence-corrected chi connectivity index (χ0v) is 6.88. The van der Waals surface area contributed by atoms with Crippen LogP contribution in [0.2, 0.25) is 0 Å². The molecule has 0 aliphatic heterocycles. The monoisotopic (exact) mass is 142 g/mol. The molecule has 1 saturated carbocycles. The summed E-state index contributed by atoms with van der Waals surface area (Å²) < 4.78 is 0. The molecule has 60 valence electrons. The normalized spacial score (nSPS) is 49.2. The van der Waals surface area contributed by atoms with Gasteiger partial charge in [0, 0.05) is 12.1 Å². The van der Waals surface area contributed by atoms with Crippen LogP contribution in [0, 0.1) is 11.8 Å². The van der Waals surface area contributed by atoms with E-state index in [0.29, 0.717) is 0 Å². The summed E-state index contributed by atoms with van der Waals surface area (Å²) in [6.07, 6.45) is 2.20. The van der Waals surface area contributed by atoms with Crippen LogP contribution < -0.4 is 11.5 Å². The average molecular weight is 142 g/mol. The number of rotatable bonds is 0. The van der Waals surface area contributed by atoms with Gasteiger partial charge in [-0.3, -0.25) is 0 Å². The molecule has 0 radical (unpaired) electrons. The molecule has 1 aliphatic carbocycles. The van der Waals surface area contributed by atoms with E-state index in [-0.39, 0.29) is 12.1 Å². The lowest BCUT2D eigenvalue weighted by molar-refractivity contribution is 0.225. The van der Waals surface area contributed by atoms with E-state index in [2.05, 4.69) is 13.8 Å². The Morgan fingerprint density at radius 1 is 0.900 bits per heavy atom. The average Bonchev–Trinajstić information content (AvgIpc) is 1.84. The molecule has 2 unspecified atom stereocenters. The van der Waals surface area contributed by atoms with Gasteiger partial charge in [-0.15, -0.1) is 0 Å². The SMILES string of the molecule is CC1C[C@@H](N)[C@H](N)CC1C. The third-order valence-electron chi connectivity index (χ3n) is 2.81. The highest BCUT2D eigenvalue weighted by Gasteiger charge is 2.27. The molecule has 2 heteroatoms. The van der Waals surface area contributed by atoms with Gasteiger partial charge in [-0.1, -0.05) is 13.8 Å². The minimum atomic E-state index is 0.242. The van der Waals surface area contributed by atoms with Crippen LogP contribution in [0.15, 0.2) is 0 Å². The van der Waals surface area contributed by atoms with Gasteiger partial charge in [-0.05, 0) is 24.7 Å². The summed E-state index contributed by atoms with van der Waals surface area (Å²) in [7, 11) is 0. The van der Waals surface area contributed by atoms with Gasteiger partial charge in [0.2, 0.25) is 0 Å². The Morgan fingerprint density at radius 2 is 1.20 bits per heavy atom. The fourth-order valence-electron chi connectivity index (χ4n) is 1.67. The summed E-state index contributed by atoms with van der Waals surface area (Å²) in [5, 5.41) is 0. The largest absolute Gasteiger partial charge is 0.326 e. The smallest absolute Gasteiger partial charge is 0.0195 e. The molecule has 0 heterocycles. The maximum atomic E-state index is 5.81. The third kappa shape index (κ3) is 1.50. The minimum Gasteiger partial charge on any atom is -0.326 e. The Labute approximate surface area is 63.0 Å². The van der Waals surface area contributed by atoms with Crippen molar-refractivity contribution in [3.63, 3.8) is 0 Å². The second-order valence-electron chi connectivity index (χ2n) is 3.75. The van der Waals surface area contributed by atoms with Crippen molar-refractivity contribution in [1.82, 2.24) is 0 Å². The Kier molecular flexibility index (Phi) is 2.32. The topological polar surface area (TPSA) is 52.0 Å². The van der Waals surface area contributed by atoms with Crippen molar-refractivity contribution in [1.29, 1.82) is 0 Å². The highest BCUT2D eigenvalue weighted by atomic mass is 14.8. The molecule has 0 aromatic heterocycles. The fraction of sp³-hybridized carbons (Fsp3) is 1.00. The quantitative estimate of drug-likeness (QED) is 0.523. The van der Waals surface area contributed by atoms with Crippen molar-refractivity contribution < 1.29 is 0 Å². The predicted molar refractivity (Wildman–Crippen MR) is 43.5 cm³/mol. The van der Waals surface area contributed by atoms with E-state index in [1.807, 2.05) is 0 Å². The Morgan fingerprint density at radius 3 is 1.50 bits per heavy atom. The van der Waals surface area contributed by atoms with Gasteiger partial charge in [-0.2, -0.15) is 0 Å². The predicted octanol–water partition coefficient (Wildman–Crippen LogP) is 0.707. The van der Waals surface area contributed by atoms with E-state index in [0.717, 1.165) is 24.7 Å². The molecule has 0 aromatic rings. The van der Waals surface area contributed by atoms with Crippen LogP contribution in [0.4, 0.5) is 0 Å². The number of hydrogen-bond acceptors (Lipinski definition) is 2. The van der Waals surface area contributed by atoms with Crippen LogP contribution in [0.5, 0.6) is 0 Å². The van der Waals surface area contributed by atoms with Crippen molar-refractivity contribution in [2.24, 2.45) is 23.3 Å². The molecule has 0 spiro atoms. The Balaban J connectivity index is 2.46. The van der Waals surface area contributed by atoms with E-state index in [4.69, 9.17) is 11.5 Å². The summed E-state index contributed by atoms with van der Waals surface area (Å²) in [6, 6.07) is 0.484. The lowest BCUT2D eigenvalue weighted by atomic mass is 9.77. The van der Waals surface area contributed by atoms with Crippen LogP contribution in [0.1, 0.15) is 26.7 Å². The molecule has 1 rings (SSSR count). The van der Waals surface area contributed by atoms with Crippen molar-refractivity contribution >= 4 is 0 Å². The molecule has 0 aromatic carbocycles.